The van der Waals surface area contributed by atoms with Crippen molar-refractivity contribution >= 4 is 28.8 Å². The summed E-state index contributed by atoms with van der Waals surface area (Å²) < 4.78 is 6.27. The molecular weight excluding hydrogens is 435 g/mol. The summed E-state index contributed by atoms with van der Waals surface area (Å²) in [6, 6.07) is 8.60. The molecule has 0 spiro atoms. The molecule has 0 amide bonds. The van der Waals surface area contributed by atoms with Gasteiger partial charge in [0, 0.05) is 0 Å². The first kappa shape index (κ1) is 21.3. The largest absolute Gasteiger partial charge is 0.493 e. The normalized spacial score (nSPS) is 16.2. The van der Waals surface area contributed by atoms with E-state index in [2.05, 4.69) is 53.8 Å². The van der Waals surface area contributed by atoms with Crippen molar-refractivity contribution in [3.8, 4) is 5.75 Å². The predicted octanol–water partition coefficient (Wildman–Crippen LogP) is 7.12. The Morgan fingerprint density at radius 2 is 1.84 bits per heavy atom. The lowest BCUT2D eigenvalue weighted by Crippen LogP contribution is -2.10. The van der Waals surface area contributed by atoms with Gasteiger partial charge in [0.1, 0.15) is 5.75 Å². The van der Waals surface area contributed by atoms with Crippen LogP contribution in [0.25, 0.3) is 0 Å². The van der Waals surface area contributed by atoms with Crippen LogP contribution in [0.3, 0.4) is 0 Å². The van der Waals surface area contributed by atoms with Crippen molar-refractivity contribution in [3.63, 3.8) is 0 Å². The molecule has 1 aromatic rings. The van der Waals surface area contributed by atoms with Crippen LogP contribution in [0, 0.1) is 0 Å². The van der Waals surface area contributed by atoms with Crippen LogP contribution in [0.5, 0.6) is 5.75 Å². The first-order chi connectivity index (χ1) is 12.3. The van der Waals surface area contributed by atoms with Crippen LogP contribution in [-0.2, 0) is 0 Å². The van der Waals surface area contributed by atoms with Crippen molar-refractivity contribution in [1.29, 1.82) is 0 Å². The fourth-order valence-corrected chi connectivity index (χ4v) is 6.25. The maximum absolute atomic E-state index is 6.27. The van der Waals surface area contributed by atoms with Crippen molar-refractivity contribution in [2.24, 2.45) is 0 Å². The predicted molar refractivity (Wildman–Crippen MR) is 122 cm³/mol. The summed E-state index contributed by atoms with van der Waals surface area (Å²) in [6.45, 7) is 5.54. The fourth-order valence-electron chi connectivity index (χ4n) is 4.24. The second-order valence-electron chi connectivity index (χ2n) is 7.65. The second kappa shape index (κ2) is 12.4. The van der Waals surface area contributed by atoms with Crippen LogP contribution < -0.4 is 4.74 Å². The minimum Gasteiger partial charge on any atom is -0.493 e. The number of ether oxygens (including phenoxy) is 1. The van der Waals surface area contributed by atoms with Gasteiger partial charge in [-0.15, -0.1) is 21.8 Å². The zero-order valence-corrected chi connectivity index (χ0v) is 19.9. The van der Waals surface area contributed by atoms with Gasteiger partial charge >= 0.3 is 0 Å². The number of halogens is 1. The Labute approximate surface area is 170 Å². The summed E-state index contributed by atoms with van der Waals surface area (Å²) in [6.07, 6.45) is 13.3. The zero-order valence-electron chi connectivity index (χ0n) is 16.4. The summed E-state index contributed by atoms with van der Waals surface area (Å²) in [5, 5.41) is 0. The maximum Gasteiger partial charge on any atom is 0.122 e. The summed E-state index contributed by atoms with van der Waals surface area (Å²) in [7, 11) is 0.146. The number of rotatable bonds is 11. The van der Waals surface area contributed by atoms with Gasteiger partial charge in [0.05, 0.1) is 13.6 Å². The molecule has 0 unspecified atom stereocenters. The first-order valence-electron chi connectivity index (χ1n) is 10.6. The van der Waals surface area contributed by atoms with Gasteiger partial charge in [0.25, 0.3) is 0 Å². The number of hydrogen-bond donors (Lipinski definition) is 0. The van der Waals surface area contributed by atoms with Crippen LogP contribution in [0.4, 0.5) is 0 Å². The molecule has 1 aromatic carbocycles. The van der Waals surface area contributed by atoms with Gasteiger partial charge in [-0.3, -0.25) is 0 Å². The van der Waals surface area contributed by atoms with Gasteiger partial charge in [-0.25, -0.2) is 0 Å². The molecule has 1 aliphatic carbocycles. The van der Waals surface area contributed by atoms with Crippen LogP contribution in [-0.4, -0.2) is 13.6 Å². The third-order valence-electron chi connectivity index (χ3n) is 5.61. The minimum atomic E-state index is 0.146. The zero-order chi connectivity index (χ0) is 17.9. The van der Waals surface area contributed by atoms with E-state index < -0.39 is 0 Å². The van der Waals surface area contributed by atoms with E-state index in [0.717, 1.165) is 18.4 Å². The molecule has 0 N–H and O–H groups in total. The Hall–Kier alpha value is -0.0331. The smallest absolute Gasteiger partial charge is 0.122 e. The molecule has 0 aliphatic heterocycles. The van der Waals surface area contributed by atoms with Gasteiger partial charge in [-0.1, -0.05) is 64.1 Å². The Kier molecular flexibility index (Phi) is 10.5. The van der Waals surface area contributed by atoms with Gasteiger partial charge in [0.2, 0.25) is 0 Å². The van der Waals surface area contributed by atoms with Crippen molar-refractivity contribution in [1.82, 2.24) is 0 Å². The summed E-state index contributed by atoms with van der Waals surface area (Å²) >= 11 is 2.59. The Morgan fingerprint density at radius 3 is 2.48 bits per heavy atom. The maximum atomic E-state index is 6.27. The molecule has 1 aliphatic rings. The van der Waals surface area contributed by atoms with Crippen LogP contribution >= 0.6 is 21.8 Å². The fraction of sp³-hybridized carbons (Fsp3) is 0.727. The number of hydrogen-bond acceptors (Lipinski definition) is 1. The van der Waals surface area contributed by atoms with E-state index in [1.807, 2.05) is 0 Å². The lowest BCUT2D eigenvalue weighted by molar-refractivity contribution is 0.307. The molecule has 1 saturated carbocycles. The Balaban J connectivity index is 2.19. The molecule has 1 nitrogen and oxygen atoms in total. The highest BCUT2D eigenvalue weighted by Gasteiger charge is 2.21. The molecular formula is C22H37IOSi. The van der Waals surface area contributed by atoms with E-state index in [1.165, 1.54) is 81.6 Å². The van der Waals surface area contributed by atoms with Gasteiger partial charge in [-0.2, -0.15) is 0 Å². The van der Waals surface area contributed by atoms with Crippen molar-refractivity contribution in [3.05, 3.63) is 29.3 Å². The highest BCUT2D eigenvalue weighted by molar-refractivity contribution is 14.1. The van der Waals surface area contributed by atoms with Crippen LogP contribution in [0.15, 0.2) is 18.2 Å². The van der Waals surface area contributed by atoms with Crippen LogP contribution in [0.1, 0.15) is 101 Å². The van der Waals surface area contributed by atoms with Gasteiger partial charge < -0.3 is 4.74 Å². The highest BCUT2D eigenvalue weighted by atomic mass is 127. The average molecular weight is 473 g/mol. The molecule has 0 atom stereocenters. The summed E-state index contributed by atoms with van der Waals surface area (Å²) in [5.41, 5.74) is 3.09. The molecule has 25 heavy (non-hydrogen) atoms. The Morgan fingerprint density at radius 1 is 1.12 bits per heavy atom. The van der Waals surface area contributed by atoms with E-state index >= 15 is 0 Å². The molecule has 0 aromatic heterocycles. The molecule has 1 fully saturated rings. The van der Waals surface area contributed by atoms with E-state index in [-0.39, 0.29) is 7.02 Å². The first-order valence-corrected chi connectivity index (χ1v) is 16.7. The third kappa shape index (κ3) is 6.89. The van der Waals surface area contributed by atoms with E-state index in [4.69, 9.17) is 4.74 Å². The SMILES string of the molecule is CCCC(CCC)c1ccc(OCCC[SiH2]I)c(C2CCCCC2)c1. The average Bonchev–Trinajstić information content (AvgIpc) is 2.66. The molecule has 0 bridgehead atoms. The molecule has 0 radical (unpaired) electrons. The highest BCUT2D eigenvalue weighted by Crippen LogP contribution is 2.40. The minimum absolute atomic E-state index is 0.146. The lowest BCUT2D eigenvalue weighted by atomic mass is 9.81. The third-order valence-corrected chi connectivity index (χ3v) is 8.67. The van der Waals surface area contributed by atoms with Gasteiger partial charge in [-0.05, 0) is 61.1 Å². The lowest BCUT2D eigenvalue weighted by Gasteiger charge is -2.26. The molecule has 2 rings (SSSR count). The molecule has 3 heteroatoms. The molecule has 0 heterocycles. The topological polar surface area (TPSA) is 9.23 Å². The Bertz CT molecular complexity index is 479. The standard InChI is InChI=1S/C22H37IOSi/c1-3-9-18(10-4-2)20-13-14-22(24-15-8-16-25-23)21(17-20)19-11-6-5-7-12-19/h13-14,17-19H,3-12,15-16,25H2,1-2H3. The van der Waals surface area contributed by atoms with Gasteiger partial charge in [0.15, 0.2) is 0 Å². The monoisotopic (exact) mass is 472 g/mol. The van der Waals surface area contributed by atoms with Crippen molar-refractivity contribution in [2.45, 2.75) is 95.9 Å². The number of benzene rings is 1. The second-order valence-corrected chi connectivity index (χ2v) is 12.0. The van der Waals surface area contributed by atoms with Crippen molar-refractivity contribution in [2.75, 3.05) is 6.61 Å². The van der Waals surface area contributed by atoms with Crippen LogP contribution in [0.2, 0.25) is 6.04 Å². The summed E-state index contributed by atoms with van der Waals surface area (Å²) in [4.78, 5) is 0. The van der Waals surface area contributed by atoms with E-state index in [1.54, 1.807) is 5.56 Å². The van der Waals surface area contributed by atoms with E-state index in [0.29, 0.717) is 0 Å². The molecule has 142 valence electrons. The molecule has 0 saturated heterocycles. The quantitative estimate of drug-likeness (QED) is 0.144. The van der Waals surface area contributed by atoms with Crippen molar-refractivity contribution < 1.29 is 4.74 Å². The van der Waals surface area contributed by atoms with E-state index in [9.17, 15) is 0 Å². The summed E-state index contributed by atoms with van der Waals surface area (Å²) in [5.74, 6) is 2.65.